The molecule has 0 aliphatic carbocycles. The number of non-ortho nitro benzene ring substituents is 1. The van der Waals surface area contributed by atoms with Crippen molar-refractivity contribution in [1.29, 1.82) is 0 Å². The van der Waals surface area contributed by atoms with Crippen molar-refractivity contribution < 1.29 is 19.0 Å². The molecule has 1 amide bonds. The van der Waals surface area contributed by atoms with Crippen molar-refractivity contribution in [3.05, 3.63) is 70.1 Å². The van der Waals surface area contributed by atoms with E-state index in [4.69, 9.17) is 9.26 Å². The second-order valence-electron chi connectivity index (χ2n) is 6.69. The third-order valence-corrected chi connectivity index (χ3v) is 4.33. The molecule has 9 heteroatoms. The Morgan fingerprint density at radius 3 is 2.55 bits per heavy atom. The SMILES string of the molecule is COc1ccc(C(=O)N[C@@H](c2nc(-c3cccc([N+](=O)[O-])c3)no2)C(C)C)cc1. The molecule has 1 heterocycles. The summed E-state index contributed by atoms with van der Waals surface area (Å²) in [6.07, 6.45) is 0. The minimum absolute atomic E-state index is 0.0318. The predicted molar refractivity (Wildman–Crippen MR) is 104 cm³/mol. The smallest absolute Gasteiger partial charge is 0.270 e. The van der Waals surface area contributed by atoms with Crippen molar-refractivity contribution in [1.82, 2.24) is 15.5 Å². The Morgan fingerprint density at radius 1 is 1.21 bits per heavy atom. The highest BCUT2D eigenvalue weighted by atomic mass is 16.6. The van der Waals surface area contributed by atoms with Crippen LogP contribution in [0.3, 0.4) is 0 Å². The number of benzene rings is 2. The molecule has 0 aliphatic rings. The molecule has 29 heavy (non-hydrogen) atoms. The van der Waals surface area contributed by atoms with Crippen molar-refractivity contribution in [2.24, 2.45) is 5.92 Å². The number of aromatic nitrogens is 2. The van der Waals surface area contributed by atoms with E-state index in [1.54, 1.807) is 43.5 Å². The summed E-state index contributed by atoms with van der Waals surface area (Å²) in [5, 5.41) is 17.8. The standard InChI is InChI=1S/C20H20N4O5/c1-12(2)17(21-19(25)13-7-9-16(28-3)10-8-13)20-22-18(23-29-20)14-5-4-6-15(11-14)24(26)27/h4-12,17H,1-3H3,(H,21,25)/t17-/m1/s1. The van der Waals surface area contributed by atoms with Crippen LogP contribution >= 0.6 is 0 Å². The highest BCUT2D eigenvalue weighted by Gasteiger charge is 2.25. The lowest BCUT2D eigenvalue weighted by molar-refractivity contribution is -0.384. The van der Waals surface area contributed by atoms with E-state index >= 15 is 0 Å². The molecule has 3 rings (SSSR count). The quantitative estimate of drug-likeness (QED) is 0.476. The fourth-order valence-electron chi connectivity index (χ4n) is 2.72. The first kappa shape index (κ1) is 20.0. The van der Waals surface area contributed by atoms with Gasteiger partial charge in [-0.2, -0.15) is 4.98 Å². The number of rotatable bonds is 7. The number of carbonyl (C=O) groups is 1. The molecule has 0 saturated heterocycles. The van der Waals surface area contributed by atoms with Gasteiger partial charge in [-0.3, -0.25) is 14.9 Å². The van der Waals surface area contributed by atoms with Crippen LogP contribution in [-0.2, 0) is 0 Å². The van der Waals surface area contributed by atoms with Crippen molar-refractivity contribution in [3.63, 3.8) is 0 Å². The first-order valence-corrected chi connectivity index (χ1v) is 8.92. The number of nitro benzene ring substituents is 1. The van der Waals surface area contributed by atoms with Gasteiger partial charge in [0.1, 0.15) is 11.8 Å². The molecule has 0 bridgehead atoms. The Balaban J connectivity index is 1.82. The summed E-state index contributed by atoms with van der Waals surface area (Å²) in [6, 6.07) is 12.2. The maximum Gasteiger partial charge on any atom is 0.270 e. The van der Waals surface area contributed by atoms with E-state index < -0.39 is 11.0 Å². The Hall–Kier alpha value is -3.75. The van der Waals surface area contributed by atoms with Gasteiger partial charge in [-0.1, -0.05) is 31.1 Å². The Bertz CT molecular complexity index is 1010. The van der Waals surface area contributed by atoms with Crippen LogP contribution < -0.4 is 10.1 Å². The number of hydrogen-bond donors (Lipinski definition) is 1. The minimum atomic E-state index is -0.524. The van der Waals surface area contributed by atoms with E-state index in [1.807, 2.05) is 13.8 Å². The van der Waals surface area contributed by atoms with Gasteiger partial charge in [-0.25, -0.2) is 0 Å². The minimum Gasteiger partial charge on any atom is -0.497 e. The number of amides is 1. The number of nitro groups is 1. The van der Waals surface area contributed by atoms with Gasteiger partial charge < -0.3 is 14.6 Å². The van der Waals surface area contributed by atoms with Crippen molar-refractivity contribution in [2.45, 2.75) is 19.9 Å². The molecular formula is C20H20N4O5. The summed E-state index contributed by atoms with van der Waals surface area (Å²) in [7, 11) is 1.55. The van der Waals surface area contributed by atoms with Crippen LogP contribution in [0.2, 0.25) is 0 Å². The largest absolute Gasteiger partial charge is 0.497 e. The van der Waals surface area contributed by atoms with Crippen LogP contribution in [0, 0.1) is 16.0 Å². The lowest BCUT2D eigenvalue weighted by Crippen LogP contribution is -2.32. The predicted octanol–water partition coefficient (Wildman–Crippen LogP) is 3.78. The molecule has 0 spiro atoms. The zero-order valence-corrected chi connectivity index (χ0v) is 16.2. The van der Waals surface area contributed by atoms with E-state index in [9.17, 15) is 14.9 Å². The number of carbonyl (C=O) groups excluding carboxylic acids is 1. The number of ether oxygens (including phenoxy) is 1. The van der Waals surface area contributed by atoms with Gasteiger partial charge in [0.15, 0.2) is 0 Å². The summed E-state index contributed by atoms with van der Waals surface area (Å²) in [5.74, 6) is 0.772. The first-order valence-electron chi connectivity index (χ1n) is 8.92. The first-order chi connectivity index (χ1) is 13.9. The van der Waals surface area contributed by atoms with Crippen LogP contribution in [0.15, 0.2) is 53.1 Å². The Labute approximate surface area is 166 Å². The van der Waals surface area contributed by atoms with Crippen LogP contribution in [-0.4, -0.2) is 28.1 Å². The molecule has 1 N–H and O–H groups in total. The van der Waals surface area contributed by atoms with Gasteiger partial charge >= 0.3 is 0 Å². The molecule has 0 fully saturated rings. The molecule has 9 nitrogen and oxygen atoms in total. The molecule has 0 unspecified atom stereocenters. The van der Waals surface area contributed by atoms with E-state index in [0.717, 1.165) is 0 Å². The van der Waals surface area contributed by atoms with Gasteiger partial charge in [0, 0.05) is 23.3 Å². The number of hydrogen-bond acceptors (Lipinski definition) is 7. The van der Waals surface area contributed by atoms with E-state index in [-0.39, 0.29) is 29.2 Å². The van der Waals surface area contributed by atoms with Crippen molar-refractivity contribution >= 4 is 11.6 Å². The molecular weight excluding hydrogens is 376 g/mol. The third kappa shape index (κ3) is 4.57. The number of nitrogens with zero attached hydrogens (tertiary/aromatic N) is 3. The topological polar surface area (TPSA) is 120 Å². The normalized spacial score (nSPS) is 11.9. The molecule has 0 aliphatic heterocycles. The monoisotopic (exact) mass is 396 g/mol. The van der Waals surface area contributed by atoms with Crippen LogP contribution in [0.4, 0.5) is 5.69 Å². The van der Waals surface area contributed by atoms with Gasteiger partial charge in [0.25, 0.3) is 11.6 Å². The van der Waals surface area contributed by atoms with Crippen molar-refractivity contribution in [3.8, 4) is 17.1 Å². The molecule has 2 aromatic carbocycles. The molecule has 0 saturated carbocycles. The summed E-state index contributed by atoms with van der Waals surface area (Å²) in [5.41, 5.74) is 0.857. The van der Waals surface area contributed by atoms with Crippen LogP contribution in [0.25, 0.3) is 11.4 Å². The maximum atomic E-state index is 12.6. The summed E-state index contributed by atoms with van der Waals surface area (Å²) < 4.78 is 10.4. The zero-order valence-electron chi connectivity index (χ0n) is 16.2. The van der Waals surface area contributed by atoms with Gasteiger partial charge in [-0.05, 0) is 30.2 Å². The summed E-state index contributed by atoms with van der Waals surface area (Å²) in [4.78, 5) is 27.4. The van der Waals surface area contributed by atoms with Crippen molar-refractivity contribution in [2.75, 3.05) is 7.11 Å². The number of methoxy groups -OCH3 is 1. The Morgan fingerprint density at radius 2 is 1.93 bits per heavy atom. The summed E-state index contributed by atoms with van der Waals surface area (Å²) in [6.45, 7) is 3.83. The zero-order chi connectivity index (χ0) is 21.0. The van der Waals surface area contributed by atoms with E-state index in [0.29, 0.717) is 16.9 Å². The fraction of sp³-hybridized carbons (Fsp3) is 0.250. The molecule has 3 aromatic rings. The fourth-order valence-corrected chi connectivity index (χ4v) is 2.72. The maximum absolute atomic E-state index is 12.6. The van der Waals surface area contributed by atoms with Gasteiger partial charge in [-0.15, -0.1) is 0 Å². The molecule has 150 valence electrons. The lowest BCUT2D eigenvalue weighted by atomic mass is 10.0. The molecule has 0 radical (unpaired) electrons. The lowest BCUT2D eigenvalue weighted by Gasteiger charge is -2.18. The van der Waals surface area contributed by atoms with E-state index in [1.165, 1.54) is 12.1 Å². The van der Waals surface area contributed by atoms with E-state index in [2.05, 4.69) is 15.5 Å². The van der Waals surface area contributed by atoms with Crippen LogP contribution in [0.5, 0.6) is 5.75 Å². The summed E-state index contributed by atoms with van der Waals surface area (Å²) >= 11 is 0. The second kappa shape index (κ2) is 8.51. The third-order valence-electron chi connectivity index (χ3n) is 4.33. The van der Waals surface area contributed by atoms with Gasteiger partial charge in [0.05, 0.1) is 12.0 Å². The highest BCUT2D eigenvalue weighted by molar-refractivity contribution is 5.94. The highest BCUT2D eigenvalue weighted by Crippen LogP contribution is 2.26. The van der Waals surface area contributed by atoms with Gasteiger partial charge in [0.2, 0.25) is 11.7 Å². The average molecular weight is 396 g/mol. The second-order valence-corrected chi connectivity index (χ2v) is 6.69. The molecule has 1 atom stereocenters. The van der Waals surface area contributed by atoms with Crippen LogP contribution in [0.1, 0.15) is 36.1 Å². The average Bonchev–Trinajstić information content (AvgIpc) is 3.21. The number of nitrogens with one attached hydrogen (secondary N) is 1. The molecule has 1 aromatic heterocycles. The Kier molecular flexibility index (Phi) is 5.87.